The van der Waals surface area contributed by atoms with Crippen molar-refractivity contribution in [2.24, 2.45) is 5.92 Å². The molecular weight excluding hydrogens is 314 g/mol. The molecule has 0 spiro atoms. The van der Waals surface area contributed by atoms with Crippen molar-refractivity contribution in [2.75, 3.05) is 13.1 Å². The lowest BCUT2D eigenvalue weighted by Crippen LogP contribution is -2.40. The van der Waals surface area contributed by atoms with Crippen LogP contribution in [0, 0.1) is 12.8 Å². The molecule has 0 radical (unpaired) electrons. The fourth-order valence-electron chi connectivity index (χ4n) is 3.73. The van der Waals surface area contributed by atoms with Gasteiger partial charge >= 0.3 is 0 Å². The number of carbonyl (C=O) groups excluding carboxylic acids is 1. The molecule has 1 atom stereocenters. The van der Waals surface area contributed by atoms with E-state index in [1.807, 2.05) is 23.2 Å². The number of aromatic nitrogens is 2. The Morgan fingerprint density at radius 3 is 3.04 bits per heavy atom. The molecule has 2 aromatic heterocycles. The lowest BCUT2D eigenvalue weighted by atomic mass is 9.89. The monoisotopic (exact) mass is 335 g/mol. The van der Waals surface area contributed by atoms with Crippen LogP contribution in [0.5, 0.6) is 0 Å². The fraction of sp³-hybridized carbons (Fsp3) is 0.350. The third-order valence-electron chi connectivity index (χ3n) is 5.00. The molecule has 0 aliphatic carbocycles. The molecule has 25 heavy (non-hydrogen) atoms. The van der Waals surface area contributed by atoms with Gasteiger partial charge in [-0.2, -0.15) is 0 Å². The van der Waals surface area contributed by atoms with Crippen molar-refractivity contribution >= 4 is 16.8 Å². The number of carbonyl (C=O) groups is 1. The average Bonchev–Trinajstić information content (AvgIpc) is 3.08. The van der Waals surface area contributed by atoms with Crippen molar-refractivity contribution in [3.63, 3.8) is 0 Å². The van der Waals surface area contributed by atoms with E-state index in [1.165, 1.54) is 17.3 Å². The van der Waals surface area contributed by atoms with Gasteiger partial charge in [0.15, 0.2) is 12.1 Å². The van der Waals surface area contributed by atoms with Crippen LogP contribution in [0.4, 0.5) is 0 Å². The zero-order valence-electron chi connectivity index (χ0n) is 14.3. The van der Waals surface area contributed by atoms with Crippen LogP contribution in [-0.2, 0) is 6.42 Å². The number of likely N-dealkylation sites (tertiary alicyclic amines) is 1. The molecule has 4 rings (SSSR count). The van der Waals surface area contributed by atoms with Crippen molar-refractivity contribution in [2.45, 2.75) is 26.2 Å². The summed E-state index contributed by atoms with van der Waals surface area (Å²) in [5.74, 6) is 1.03. The third kappa shape index (κ3) is 3.14. The molecule has 5 heteroatoms. The van der Waals surface area contributed by atoms with Gasteiger partial charge in [-0.15, -0.1) is 0 Å². The zero-order valence-corrected chi connectivity index (χ0v) is 14.3. The summed E-state index contributed by atoms with van der Waals surface area (Å²) in [5, 5.41) is 1.21. The standard InChI is InChI=1S/C20H21N3O2/c1-14-19(22-13-25-14)20(24)23-10-4-5-15(12-23)11-16-6-2-8-18-17(16)7-3-9-21-18/h2-3,6-9,13,15H,4-5,10-12H2,1H3/t15-/m0/s1. The van der Waals surface area contributed by atoms with Gasteiger partial charge < -0.3 is 9.32 Å². The SMILES string of the molecule is Cc1ocnc1C(=O)N1CCC[C@@H](Cc2cccc3ncccc23)C1. The second kappa shape index (κ2) is 6.67. The number of rotatable bonds is 3. The summed E-state index contributed by atoms with van der Waals surface area (Å²) in [6, 6.07) is 10.4. The molecule has 0 saturated carbocycles. The summed E-state index contributed by atoms with van der Waals surface area (Å²) >= 11 is 0. The first-order chi connectivity index (χ1) is 12.2. The lowest BCUT2D eigenvalue weighted by Gasteiger charge is -2.32. The van der Waals surface area contributed by atoms with Crippen molar-refractivity contribution in [3.8, 4) is 0 Å². The Balaban J connectivity index is 1.52. The number of aryl methyl sites for hydroxylation is 1. The maximum atomic E-state index is 12.7. The van der Waals surface area contributed by atoms with Crippen molar-refractivity contribution in [3.05, 3.63) is 59.9 Å². The van der Waals surface area contributed by atoms with Gasteiger partial charge in [0.25, 0.3) is 5.91 Å². The van der Waals surface area contributed by atoms with Crippen LogP contribution < -0.4 is 0 Å². The van der Waals surface area contributed by atoms with Gasteiger partial charge in [0.2, 0.25) is 0 Å². The van der Waals surface area contributed by atoms with E-state index in [2.05, 4.69) is 28.2 Å². The van der Waals surface area contributed by atoms with Gasteiger partial charge in [0, 0.05) is 24.7 Å². The van der Waals surface area contributed by atoms with E-state index in [0.29, 0.717) is 17.4 Å². The molecule has 1 saturated heterocycles. The number of benzene rings is 1. The van der Waals surface area contributed by atoms with E-state index >= 15 is 0 Å². The summed E-state index contributed by atoms with van der Waals surface area (Å²) in [4.78, 5) is 23.1. The largest absolute Gasteiger partial charge is 0.448 e. The van der Waals surface area contributed by atoms with Crippen LogP contribution in [-0.4, -0.2) is 33.9 Å². The summed E-state index contributed by atoms with van der Waals surface area (Å²) in [5.41, 5.74) is 2.78. The molecule has 3 aromatic rings. The van der Waals surface area contributed by atoms with Gasteiger partial charge in [-0.05, 0) is 49.8 Å². The number of fused-ring (bicyclic) bond motifs is 1. The van der Waals surface area contributed by atoms with Crippen molar-refractivity contribution in [1.82, 2.24) is 14.9 Å². The summed E-state index contributed by atoms with van der Waals surface area (Å²) in [6.07, 6.45) is 6.29. The number of oxazole rings is 1. The Morgan fingerprint density at radius 1 is 1.28 bits per heavy atom. The Kier molecular flexibility index (Phi) is 4.22. The van der Waals surface area contributed by atoms with E-state index in [4.69, 9.17) is 4.42 Å². The number of pyridine rings is 1. The Labute approximate surface area is 146 Å². The lowest BCUT2D eigenvalue weighted by molar-refractivity contribution is 0.0666. The van der Waals surface area contributed by atoms with E-state index < -0.39 is 0 Å². The number of piperidine rings is 1. The minimum atomic E-state index is -0.0180. The smallest absolute Gasteiger partial charge is 0.276 e. The second-order valence-electron chi connectivity index (χ2n) is 6.71. The fourth-order valence-corrected chi connectivity index (χ4v) is 3.73. The predicted octanol–water partition coefficient (Wildman–Crippen LogP) is 3.63. The van der Waals surface area contributed by atoms with Crippen LogP contribution in [0.25, 0.3) is 10.9 Å². The average molecular weight is 335 g/mol. The molecule has 128 valence electrons. The summed E-state index contributed by atoms with van der Waals surface area (Å²) in [7, 11) is 0. The highest BCUT2D eigenvalue weighted by atomic mass is 16.3. The summed E-state index contributed by atoms with van der Waals surface area (Å²) in [6.45, 7) is 3.34. The number of nitrogens with zero attached hydrogens (tertiary/aromatic N) is 3. The first kappa shape index (κ1) is 15.8. The van der Waals surface area contributed by atoms with Crippen LogP contribution >= 0.6 is 0 Å². The number of hydrogen-bond donors (Lipinski definition) is 0. The highest BCUT2D eigenvalue weighted by Crippen LogP contribution is 2.26. The highest BCUT2D eigenvalue weighted by molar-refractivity contribution is 5.93. The zero-order chi connectivity index (χ0) is 17.2. The molecule has 1 amide bonds. The quantitative estimate of drug-likeness (QED) is 0.733. The second-order valence-corrected chi connectivity index (χ2v) is 6.71. The first-order valence-corrected chi connectivity index (χ1v) is 8.74. The van der Waals surface area contributed by atoms with Gasteiger partial charge in [0.1, 0.15) is 5.76 Å². The highest BCUT2D eigenvalue weighted by Gasteiger charge is 2.27. The van der Waals surface area contributed by atoms with Gasteiger partial charge in [-0.1, -0.05) is 18.2 Å². The maximum absolute atomic E-state index is 12.7. The Morgan fingerprint density at radius 2 is 2.20 bits per heavy atom. The topological polar surface area (TPSA) is 59.2 Å². The van der Waals surface area contributed by atoms with E-state index in [9.17, 15) is 4.79 Å². The van der Waals surface area contributed by atoms with Crippen molar-refractivity contribution in [1.29, 1.82) is 0 Å². The number of amides is 1. The molecule has 0 N–H and O–H groups in total. The third-order valence-corrected chi connectivity index (χ3v) is 5.00. The molecule has 5 nitrogen and oxygen atoms in total. The van der Waals surface area contributed by atoms with Crippen molar-refractivity contribution < 1.29 is 9.21 Å². The Bertz CT molecular complexity index is 897. The first-order valence-electron chi connectivity index (χ1n) is 8.74. The molecule has 0 unspecified atom stereocenters. The van der Waals surface area contributed by atoms with Crippen LogP contribution in [0.15, 0.2) is 47.3 Å². The molecule has 3 heterocycles. The van der Waals surface area contributed by atoms with E-state index in [0.717, 1.165) is 37.9 Å². The minimum absolute atomic E-state index is 0.0180. The molecule has 1 aliphatic heterocycles. The van der Waals surface area contributed by atoms with Gasteiger partial charge in [0.05, 0.1) is 5.52 Å². The molecular formula is C20H21N3O2. The van der Waals surface area contributed by atoms with Gasteiger partial charge in [-0.25, -0.2) is 4.98 Å². The van der Waals surface area contributed by atoms with E-state index in [-0.39, 0.29) is 5.91 Å². The van der Waals surface area contributed by atoms with Crippen LogP contribution in [0.2, 0.25) is 0 Å². The summed E-state index contributed by atoms with van der Waals surface area (Å²) < 4.78 is 5.18. The minimum Gasteiger partial charge on any atom is -0.448 e. The molecule has 1 aromatic carbocycles. The number of hydrogen-bond acceptors (Lipinski definition) is 4. The predicted molar refractivity (Wildman–Crippen MR) is 95.3 cm³/mol. The normalized spacial score (nSPS) is 17.8. The van der Waals surface area contributed by atoms with E-state index in [1.54, 1.807) is 6.92 Å². The van der Waals surface area contributed by atoms with Gasteiger partial charge in [-0.3, -0.25) is 9.78 Å². The maximum Gasteiger partial charge on any atom is 0.276 e. The molecule has 1 fully saturated rings. The molecule has 1 aliphatic rings. The van der Waals surface area contributed by atoms with Crippen LogP contribution in [0.3, 0.4) is 0 Å². The Hall–Kier alpha value is -2.69. The molecule has 0 bridgehead atoms. The van der Waals surface area contributed by atoms with Crippen LogP contribution in [0.1, 0.15) is 34.7 Å².